The van der Waals surface area contributed by atoms with Crippen molar-refractivity contribution in [3.05, 3.63) is 40.3 Å². The van der Waals surface area contributed by atoms with E-state index in [0.717, 1.165) is 17.9 Å². The molecule has 1 heterocycles. The van der Waals surface area contributed by atoms with Gasteiger partial charge in [-0.25, -0.2) is 4.98 Å². The molecule has 0 fully saturated rings. The number of rotatable bonds is 4. The SMILES string of the molecule is CSc1cccc(NCc2csc(C(C)(C)C)n2)c1. The van der Waals surface area contributed by atoms with E-state index in [-0.39, 0.29) is 5.41 Å². The maximum atomic E-state index is 4.69. The molecular weight excluding hydrogens is 272 g/mol. The molecule has 102 valence electrons. The molecule has 1 aromatic carbocycles. The van der Waals surface area contributed by atoms with Gasteiger partial charge in [0.1, 0.15) is 0 Å². The van der Waals surface area contributed by atoms with Gasteiger partial charge < -0.3 is 5.32 Å². The number of thiazole rings is 1. The van der Waals surface area contributed by atoms with Gasteiger partial charge >= 0.3 is 0 Å². The molecule has 0 atom stereocenters. The van der Waals surface area contributed by atoms with Gasteiger partial charge in [-0.15, -0.1) is 23.1 Å². The molecule has 4 heteroatoms. The maximum Gasteiger partial charge on any atom is 0.0982 e. The average molecular weight is 292 g/mol. The molecule has 1 aromatic heterocycles. The largest absolute Gasteiger partial charge is 0.379 e. The summed E-state index contributed by atoms with van der Waals surface area (Å²) < 4.78 is 0. The van der Waals surface area contributed by atoms with Gasteiger partial charge in [0.05, 0.1) is 17.2 Å². The van der Waals surface area contributed by atoms with Gasteiger partial charge in [0.25, 0.3) is 0 Å². The van der Waals surface area contributed by atoms with Crippen LogP contribution in [0.1, 0.15) is 31.5 Å². The van der Waals surface area contributed by atoms with Crippen molar-refractivity contribution >= 4 is 28.8 Å². The van der Waals surface area contributed by atoms with Crippen molar-refractivity contribution in [1.29, 1.82) is 0 Å². The van der Waals surface area contributed by atoms with Crippen molar-refractivity contribution in [2.75, 3.05) is 11.6 Å². The molecule has 0 saturated carbocycles. The summed E-state index contributed by atoms with van der Waals surface area (Å²) in [4.78, 5) is 5.97. The van der Waals surface area contributed by atoms with E-state index in [1.54, 1.807) is 23.1 Å². The van der Waals surface area contributed by atoms with E-state index in [9.17, 15) is 0 Å². The number of thioether (sulfide) groups is 1. The molecule has 19 heavy (non-hydrogen) atoms. The van der Waals surface area contributed by atoms with Crippen LogP contribution in [0.5, 0.6) is 0 Å². The molecule has 0 amide bonds. The molecule has 0 unspecified atom stereocenters. The Morgan fingerprint density at radius 2 is 2.11 bits per heavy atom. The molecule has 0 spiro atoms. The monoisotopic (exact) mass is 292 g/mol. The summed E-state index contributed by atoms with van der Waals surface area (Å²) in [5, 5.41) is 6.77. The van der Waals surface area contributed by atoms with E-state index in [1.807, 2.05) is 0 Å². The fraction of sp³-hybridized carbons (Fsp3) is 0.400. The van der Waals surface area contributed by atoms with Gasteiger partial charge in [0, 0.05) is 21.4 Å². The molecule has 2 aromatic rings. The van der Waals surface area contributed by atoms with Crippen molar-refractivity contribution in [2.45, 2.75) is 37.6 Å². The van der Waals surface area contributed by atoms with Crippen LogP contribution in [-0.4, -0.2) is 11.2 Å². The Balaban J connectivity index is 2.00. The zero-order valence-electron chi connectivity index (χ0n) is 11.9. The van der Waals surface area contributed by atoms with Gasteiger partial charge in [-0.1, -0.05) is 26.8 Å². The van der Waals surface area contributed by atoms with Gasteiger partial charge in [-0.2, -0.15) is 0 Å². The Bertz CT molecular complexity index is 541. The predicted octanol–water partition coefficient (Wildman–Crippen LogP) is 4.77. The van der Waals surface area contributed by atoms with E-state index >= 15 is 0 Å². The van der Waals surface area contributed by atoms with Crippen LogP contribution in [-0.2, 0) is 12.0 Å². The molecule has 0 bridgehead atoms. The van der Waals surface area contributed by atoms with Crippen LogP contribution in [0.3, 0.4) is 0 Å². The minimum atomic E-state index is 0.141. The van der Waals surface area contributed by atoms with E-state index in [2.05, 4.69) is 67.0 Å². The second-order valence-corrected chi connectivity index (χ2v) is 7.22. The molecule has 2 rings (SSSR count). The lowest BCUT2D eigenvalue weighted by molar-refractivity contribution is 0.583. The molecule has 0 saturated heterocycles. The fourth-order valence-corrected chi connectivity index (χ4v) is 3.02. The number of nitrogens with one attached hydrogen (secondary N) is 1. The first kappa shape index (κ1) is 14.4. The molecule has 1 N–H and O–H groups in total. The Morgan fingerprint density at radius 3 is 2.74 bits per heavy atom. The zero-order chi connectivity index (χ0) is 13.9. The average Bonchev–Trinajstić information content (AvgIpc) is 2.85. The van der Waals surface area contributed by atoms with Crippen molar-refractivity contribution in [3.8, 4) is 0 Å². The first-order chi connectivity index (χ1) is 8.99. The topological polar surface area (TPSA) is 24.9 Å². The summed E-state index contributed by atoms with van der Waals surface area (Å²) in [5.41, 5.74) is 2.41. The summed E-state index contributed by atoms with van der Waals surface area (Å²) >= 11 is 3.50. The lowest BCUT2D eigenvalue weighted by Gasteiger charge is -2.13. The Labute approximate surface area is 123 Å². The van der Waals surface area contributed by atoms with Crippen molar-refractivity contribution in [1.82, 2.24) is 4.98 Å². The highest BCUT2D eigenvalue weighted by molar-refractivity contribution is 7.98. The van der Waals surface area contributed by atoms with Crippen molar-refractivity contribution in [3.63, 3.8) is 0 Å². The van der Waals surface area contributed by atoms with Crippen LogP contribution in [0.4, 0.5) is 5.69 Å². The summed E-state index contributed by atoms with van der Waals surface area (Å²) in [6.45, 7) is 7.38. The third-order valence-electron chi connectivity index (χ3n) is 2.74. The van der Waals surface area contributed by atoms with Gasteiger partial charge in [0.15, 0.2) is 0 Å². The quantitative estimate of drug-likeness (QED) is 0.821. The summed E-state index contributed by atoms with van der Waals surface area (Å²) in [6, 6.07) is 8.46. The summed E-state index contributed by atoms with van der Waals surface area (Å²) in [6.07, 6.45) is 2.09. The Kier molecular flexibility index (Phi) is 4.53. The number of aromatic nitrogens is 1. The van der Waals surface area contributed by atoms with Crippen LogP contribution < -0.4 is 5.32 Å². The Hall–Kier alpha value is -1.00. The number of anilines is 1. The van der Waals surface area contributed by atoms with Crippen LogP contribution in [0.15, 0.2) is 34.5 Å². The zero-order valence-corrected chi connectivity index (χ0v) is 13.5. The molecule has 2 nitrogen and oxygen atoms in total. The maximum absolute atomic E-state index is 4.69. The molecule has 0 radical (unpaired) electrons. The summed E-state index contributed by atoms with van der Waals surface area (Å²) in [7, 11) is 0. The van der Waals surface area contributed by atoms with Crippen molar-refractivity contribution < 1.29 is 0 Å². The molecule has 0 aliphatic heterocycles. The lowest BCUT2D eigenvalue weighted by atomic mass is 9.98. The lowest BCUT2D eigenvalue weighted by Crippen LogP contribution is -2.11. The highest BCUT2D eigenvalue weighted by Gasteiger charge is 2.17. The number of nitrogens with zero attached hydrogens (tertiary/aromatic N) is 1. The third kappa shape index (κ3) is 3.98. The van der Waals surface area contributed by atoms with Crippen molar-refractivity contribution in [2.24, 2.45) is 0 Å². The normalized spacial score (nSPS) is 11.6. The second-order valence-electron chi connectivity index (χ2n) is 5.48. The highest BCUT2D eigenvalue weighted by Crippen LogP contribution is 2.26. The van der Waals surface area contributed by atoms with Gasteiger partial charge in [-0.05, 0) is 24.5 Å². The van der Waals surface area contributed by atoms with Gasteiger partial charge in [-0.3, -0.25) is 0 Å². The highest BCUT2D eigenvalue weighted by atomic mass is 32.2. The van der Waals surface area contributed by atoms with Gasteiger partial charge in [0.2, 0.25) is 0 Å². The van der Waals surface area contributed by atoms with Crippen LogP contribution in [0.25, 0.3) is 0 Å². The smallest absolute Gasteiger partial charge is 0.0982 e. The fourth-order valence-electron chi connectivity index (χ4n) is 1.66. The Morgan fingerprint density at radius 1 is 1.32 bits per heavy atom. The number of benzene rings is 1. The number of hydrogen-bond donors (Lipinski definition) is 1. The van der Waals surface area contributed by atoms with Crippen LogP contribution >= 0.6 is 23.1 Å². The van der Waals surface area contributed by atoms with E-state index in [0.29, 0.717) is 0 Å². The first-order valence-electron chi connectivity index (χ1n) is 6.32. The predicted molar refractivity (Wildman–Crippen MR) is 86.4 cm³/mol. The van der Waals surface area contributed by atoms with E-state index in [1.165, 1.54) is 9.90 Å². The molecule has 0 aliphatic carbocycles. The summed E-state index contributed by atoms with van der Waals surface area (Å²) in [5.74, 6) is 0. The molecule has 0 aliphatic rings. The minimum absolute atomic E-state index is 0.141. The third-order valence-corrected chi connectivity index (χ3v) is 4.78. The second kappa shape index (κ2) is 5.97. The number of hydrogen-bond acceptors (Lipinski definition) is 4. The van der Waals surface area contributed by atoms with Crippen LogP contribution in [0, 0.1) is 0 Å². The van der Waals surface area contributed by atoms with E-state index in [4.69, 9.17) is 0 Å². The minimum Gasteiger partial charge on any atom is -0.379 e. The molecular formula is C15H20N2S2. The standard InChI is InChI=1S/C15H20N2S2/c1-15(2,3)14-17-12(10-19-14)9-16-11-6-5-7-13(8-11)18-4/h5-8,10,16H,9H2,1-4H3. The van der Waals surface area contributed by atoms with Crippen LogP contribution in [0.2, 0.25) is 0 Å². The first-order valence-corrected chi connectivity index (χ1v) is 8.42. The van der Waals surface area contributed by atoms with E-state index < -0.39 is 0 Å².